The minimum absolute atomic E-state index is 0.203. The highest BCUT2D eigenvalue weighted by atomic mass is 19.1. The van der Waals surface area contributed by atoms with Crippen LogP contribution in [0.3, 0.4) is 0 Å². The normalized spacial score (nSPS) is 27.2. The Labute approximate surface area is 160 Å². The van der Waals surface area contributed by atoms with Crippen molar-refractivity contribution in [3.05, 3.63) is 53.3 Å². The second-order valence-electron chi connectivity index (χ2n) is 6.64. The topological polar surface area (TPSA) is 123 Å². The smallest absolute Gasteiger partial charge is 0.229 e. The van der Waals surface area contributed by atoms with Gasteiger partial charge in [0.2, 0.25) is 6.29 Å². The molecule has 1 aliphatic rings. The van der Waals surface area contributed by atoms with Crippen molar-refractivity contribution in [1.29, 1.82) is 5.26 Å². The van der Waals surface area contributed by atoms with Crippen LogP contribution in [0.4, 0.5) is 4.39 Å². The van der Waals surface area contributed by atoms with Gasteiger partial charge < -0.3 is 29.9 Å². The van der Waals surface area contributed by atoms with Crippen LogP contribution in [0.25, 0.3) is 11.1 Å². The number of hydrogen-bond donors (Lipinski definition) is 4. The van der Waals surface area contributed by atoms with Crippen molar-refractivity contribution in [2.75, 3.05) is 6.61 Å². The third-order valence-corrected chi connectivity index (χ3v) is 4.63. The van der Waals surface area contributed by atoms with E-state index in [4.69, 9.17) is 14.7 Å². The van der Waals surface area contributed by atoms with E-state index < -0.39 is 43.1 Å². The van der Waals surface area contributed by atoms with E-state index >= 15 is 0 Å². The summed E-state index contributed by atoms with van der Waals surface area (Å²) in [6, 6.07) is 10.9. The monoisotopic (exact) mass is 389 g/mol. The number of aliphatic hydroxyl groups excluding tert-OH is 4. The molecule has 1 aliphatic heterocycles. The third-order valence-electron chi connectivity index (χ3n) is 4.63. The molecule has 2 aromatic carbocycles. The van der Waals surface area contributed by atoms with Gasteiger partial charge in [0, 0.05) is 0 Å². The Balaban J connectivity index is 1.83. The highest BCUT2D eigenvalue weighted by molar-refractivity contribution is 5.67. The van der Waals surface area contributed by atoms with Crippen molar-refractivity contribution in [2.45, 2.75) is 37.6 Å². The first kappa shape index (κ1) is 20.2. The highest BCUT2D eigenvalue weighted by Gasteiger charge is 2.44. The molecule has 2 aromatic rings. The second kappa shape index (κ2) is 8.22. The molecule has 0 spiro atoms. The lowest BCUT2D eigenvalue weighted by atomic mass is 9.99. The summed E-state index contributed by atoms with van der Waals surface area (Å²) < 4.78 is 24.6. The molecule has 5 atom stereocenters. The van der Waals surface area contributed by atoms with E-state index in [0.717, 1.165) is 6.07 Å². The first-order valence-electron chi connectivity index (χ1n) is 8.63. The van der Waals surface area contributed by atoms with Crippen molar-refractivity contribution in [3.8, 4) is 22.9 Å². The van der Waals surface area contributed by atoms with Crippen LogP contribution in [0.2, 0.25) is 0 Å². The van der Waals surface area contributed by atoms with Crippen molar-refractivity contribution in [1.82, 2.24) is 0 Å². The van der Waals surface area contributed by atoms with Crippen LogP contribution in [0, 0.1) is 24.1 Å². The quantitative estimate of drug-likeness (QED) is 0.611. The standard InChI is InChI=1S/C20H20FNO6/c1-10-4-12(13-5-11(8-22)6-14(21)7-13)2-3-15(10)27-20-19(26)18(25)17(24)16(9-23)28-20/h2-7,16-20,23-26H,9H2,1H3/t16?,17-,18+,19?,20+/m1/s1. The first-order chi connectivity index (χ1) is 13.3. The Kier molecular flexibility index (Phi) is 5.93. The number of aliphatic hydroxyl groups is 4. The summed E-state index contributed by atoms with van der Waals surface area (Å²) in [7, 11) is 0. The largest absolute Gasteiger partial charge is 0.462 e. The Morgan fingerprint density at radius 2 is 1.82 bits per heavy atom. The maximum Gasteiger partial charge on any atom is 0.229 e. The minimum atomic E-state index is -1.54. The first-order valence-corrected chi connectivity index (χ1v) is 8.63. The van der Waals surface area contributed by atoms with E-state index in [9.17, 15) is 24.8 Å². The lowest BCUT2D eigenvalue weighted by Gasteiger charge is -2.39. The zero-order chi connectivity index (χ0) is 20.4. The van der Waals surface area contributed by atoms with Crippen LogP contribution in [-0.2, 0) is 4.74 Å². The lowest BCUT2D eigenvalue weighted by molar-refractivity contribution is -0.277. The molecule has 1 saturated heterocycles. The summed E-state index contributed by atoms with van der Waals surface area (Å²) in [6.07, 6.45) is -6.88. The molecule has 0 bridgehead atoms. The molecule has 1 heterocycles. The molecule has 2 unspecified atom stereocenters. The molecule has 148 valence electrons. The molecule has 3 rings (SSSR count). The zero-order valence-corrected chi connectivity index (χ0v) is 15.0. The molecule has 0 amide bonds. The van der Waals surface area contributed by atoms with E-state index in [1.807, 2.05) is 6.07 Å². The number of ether oxygens (including phenoxy) is 2. The van der Waals surface area contributed by atoms with Crippen LogP contribution in [0.15, 0.2) is 36.4 Å². The van der Waals surface area contributed by atoms with Gasteiger partial charge in [0.25, 0.3) is 0 Å². The van der Waals surface area contributed by atoms with Gasteiger partial charge in [-0.3, -0.25) is 0 Å². The molecular formula is C20H20FNO6. The zero-order valence-electron chi connectivity index (χ0n) is 15.0. The van der Waals surface area contributed by atoms with Crippen LogP contribution < -0.4 is 4.74 Å². The molecule has 4 N–H and O–H groups in total. The van der Waals surface area contributed by atoms with E-state index in [2.05, 4.69) is 0 Å². The van der Waals surface area contributed by atoms with E-state index in [0.29, 0.717) is 22.4 Å². The Hall–Kier alpha value is -2.54. The maximum absolute atomic E-state index is 13.7. The van der Waals surface area contributed by atoms with Gasteiger partial charge in [0.1, 0.15) is 36.0 Å². The molecule has 0 saturated carbocycles. The predicted octanol–water partition coefficient (Wildman–Crippen LogP) is 0.851. The SMILES string of the molecule is Cc1cc(-c2cc(F)cc(C#N)c2)ccc1O[C@H]1OC(CO)[C@@H](O)[C@H](O)C1O. The van der Waals surface area contributed by atoms with Gasteiger partial charge in [-0.15, -0.1) is 0 Å². The molecule has 1 fully saturated rings. The number of aryl methyl sites for hydroxylation is 1. The molecule has 28 heavy (non-hydrogen) atoms. The maximum atomic E-state index is 13.7. The van der Waals surface area contributed by atoms with Gasteiger partial charge in [-0.2, -0.15) is 5.26 Å². The number of benzene rings is 2. The highest BCUT2D eigenvalue weighted by Crippen LogP contribution is 2.30. The third kappa shape index (κ3) is 3.99. The van der Waals surface area contributed by atoms with Gasteiger partial charge >= 0.3 is 0 Å². The van der Waals surface area contributed by atoms with Crippen molar-refractivity contribution in [2.24, 2.45) is 0 Å². The molecule has 7 nitrogen and oxygen atoms in total. The molecule has 0 aliphatic carbocycles. The number of nitriles is 1. The summed E-state index contributed by atoms with van der Waals surface area (Å²) in [5.41, 5.74) is 2.03. The van der Waals surface area contributed by atoms with Gasteiger partial charge in [-0.25, -0.2) is 4.39 Å². The van der Waals surface area contributed by atoms with E-state index in [1.54, 1.807) is 31.2 Å². The molecule has 0 aromatic heterocycles. The van der Waals surface area contributed by atoms with Crippen LogP contribution in [0.1, 0.15) is 11.1 Å². The Bertz CT molecular complexity index is 897. The summed E-state index contributed by atoms with van der Waals surface area (Å²) in [6.45, 7) is 1.18. The van der Waals surface area contributed by atoms with E-state index in [1.165, 1.54) is 6.07 Å². The Morgan fingerprint density at radius 3 is 2.46 bits per heavy atom. The number of halogens is 1. The summed E-state index contributed by atoms with van der Waals surface area (Å²) in [5, 5.41) is 48.0. The van der Waals surface area contributed by atoms with Gasteiger partial charge in [0.05, 0.1) is 18.2 Å². The molecule has 0 radical (unpaired) electrons. The summed E-state index contributed by atoms with van der Waals surface area (Å²) in [4.78, 5) is 0. The Morgan fingerprint density at radius 1 is 1.07 bits per heavy atom. The summed E-state index contributed by atoms with van der Waals surface area (Å²) in [5.74, 6) is -0.182. The number of hydrogen-bond acceptors (Lipinski definition) is 7. The lowest BCUT2D eigenvalue weighted by Crippen LogP contribution is -2.60. The molecular weight excluding hydrogens is 369 g/mol. The van der Waals surface area contributed by atoms with Crippen LogP contribution >= 0.6 is 0 Å². The number of rotatable bonds is 4. The fraction of sp³-hybridized carbons (Fsp3) is 0.350. The fourth-order valence-electron chi connectivity index (χ4n) is 3.07. The fourth-order valence-corrected chi connectivity index (χ4v) is 3.07. The average Bonchev–Trinajstić information content (AvgIpc) is 2.69. The van der Waals surface area contributed by atoms with Gasteiger partial charge in [-0.1, -0.05) is 6.07 Å². The van der Waals surface area contributed by atoms with Crippen molar-refractivity contribution in [3.63, 3.8) is 0 Å². The minimum Gasteiger partial charge on any atom is -0.462 e. The average molecular weight is 389 g/mol. The van der Waals surface area contributed by atoms with Crippen molar-refractivity contribution < 1.29 is 34.3 Å². The van der Waals surface area contributed by atoms with Gasteiger partial charge in [-0.05, 0) is 53.9 Å². The van der Waals surface area contributed by atoms with E-state index in [-0.39, 0.29) is 5.56 Å². The van der Waals surface area contributed by atoms with Crippen LogP contribution in [-0.4, -0.2) is 57.7 Å². The summed E-state index contributed by atoms with van der Waals surface area (Å²) >= 11 is 0. The van der Waals surface area contributed by atoms with Crippen molar-refractivity contribution >= 4 is 0 Å². The predicted molar refractivity (Wildman–Crippen MR) is 95.7 cm³/mol. The molecule has 8 heteroatoms. The second-order valence-corrected chi connectivity index (χ2v) is 6.64. The van der Waals surface area contributed by atoms with Gasteiger partial charge in [0.15, 0.2) is 0 Å². The van der Waals surface area contributed by atoms with Crippen LogP contribution in [0.5, 0.6) is 5.75 Å². The number of nitrogens with zero attached hydrogens (tertiary/aromatic N) is 1.